The number of amides is 1. The molecule has 1 aromatic carbocycles. The number of aromatic nitrogens is 3. The largest absolute Gasteiger partial charge is 0.354 e. The lowest BCUT2D eigenvalue weighted by Gasteiger charge is -2.18. The minimum atomic E-state index is -3.43. The van der Waals surface area contributed by atoms with Crippen LogP contribution in [0.25, 0.3) is 22.3 Å². The summed E-state index contributed by atoms with van der Waals surface area (Å²) in [6.45, 7) is 3.65. The zero-order chi connectivity index (χ0) is 27.4. The van der Waals surface area contributed by atoms with Crippen LogP contribution in [-0.4, -0.2) is 54.7 Å². The van der Waals surface area contributed by atoms with Gasteiger partial charge in [0.2, 0.25) is 0 Å². The molecule has 39 heavy (non-hydrogen) atoms. The molecular weight excluding hydrogens is 512 g/mol. The molecule has 4 aromatic rings. The van der Waals surface area contributed by atoms with Crippen LogP contribution in [-0.2, 0) is 16.4 Å². The number of carbonyl (C=O) groups is 1. The molecular formula is C29H30N6O3S. The van der Waals surface area contributed by atoms with Gasteiger partial charge in [0.25, 0.3) is 5.91 Å². The summed E-state index contributed by atoms with van der Waals surface area (Å²) in [5, 5.41) is 3.70. The Morgan fingerprint density at radius 3 is 2.64 bits per heavy atom. The lowest BCUT2D eigenvalue weighted by molar-refractivity contribution is 0.0950. The molecule has 10 heteroatoms. The Morgan fingerprint density at radius 1 is 1.10 bits per heavy atom. The zero-order valence-corrected chi connectivity index (χ0v) is 22.7. The van der Waals surface area contributed by atoms with Crippen molar-refractivity contribution in [1.29, 1.82) is 0 Å². The first kappa shape index (κ1) is 25.4. The highest BCUT2D eigenvalue weighted by Gasteiger charge is 2.53. The average molecular weight is 543 g/mol. The molecule has 2 aliphatic rings. The van der Waals surface area contributed by atoms with Crippen LogP contribution < -0.4 is 16.0 Å². The standard InChI is InChI=1S/C29H30N6O3S/c1-18-6-7-19(12-25(18)39(2,37)38)28(36)32-15-21-13-24-20(14-31-21)8-9-23(33-24)22-4-3-5-27(34-22)35-16-26(30)29(17-35)10-11-29/h3-9,12-14,26H,10-11,15-17,30H2,1-2H3,(H,32,36). The molecule has 1 atom stereocenters. The number of carbonyl (C=O) groups excluding carboxylic acids is 1. The predicted octanol–water partition coefficient (Wildman–Crippen LogP) is 3.26. The van der Waals surface area contributed by atoms with Crippen LogP contribution in [0.1, 0.15) is 34.5 Å². The van der Waals surface area contributed by atoms with E-state index in [2.05, 4.69) is 15.2 Å². The molecule has 9 nitrogen and oxygen atoms in total. The van der Waals surface area contributed by atoms with E-state index in [0.29, 0.717) is 11.3 Å². The van der Waals surface area contributed by atoms with Crippen molar-refractivity contribution in [3.8, 4) is 11.4 Å². The van der Waals surface area contributed by atoms with Gasteiger partial charge in [0, 0.05) is 47.9 Å². The fourth-order valence-electron chi connectivity index (χ4n) is 5.31. The van der Waals surface area contributed by atoms with Crippen LogP contribution in [0.15, 0.2) is 65.7 Å². The van der Waals surface area contributed by atoms with Gasteiger partial charge in [0.15, 0.2) is 9.84 Å². The second-order valence-corrected chi connectivity index (χ2v) is 12.7. The van der Waals surface area contributed by atoms with Gasteiger partial charge in [-0.3, -0.25) is 9.78 Å². The number of nitrogens with zero attached hydrogens (tertiary/aromatic N) is 4. The molecule has 200 valence electrons. The molecule has 1 amide bonds. The maximum Gasteiger partial charge on any atom is 0.251 e. The van der Waals surface area contributed by atoms with Crippen molar-refractivity contribution >= 4 is 32.5 Å². The van der Waals surface area contributed by atoms with Gasteiger partial charge >= 0.3 is 0 Å². The molecule has 3 N–H and O–H groups in total. The first-order valence-electron chi connectivity index (χ1n) is 12.9. The van der Waals surface area contributed by atoms with E-state index in [1.54, 1.807) is 25.3 Å². The van der Waals surface area contributed by atoms with Crippen LogP contribution in [0, 0.1) is 12.3 Å². The number of pyridine rings is 3. The molecule has 4 heterocycles. The summed E-state index contributed by atoms with van der Waals surface area (Å²) in [4.78, 5) is 29.4. The number of aryl methyl sites for hydroxylation is 1. The topological polar surface area (TPSA) is 131 Å². The number of hydrogen-bond donors (Lipinski definition) is 2. The van der Waals surface area contributed by atoms with Crippen molar-refractivity contribution in [1.82, 2.24) is 20.3 Å². The molecule has 1 spiro atoms. The van der Waals surface area contributed by atoms with Gasteiger partial charge in [-0.1, -0.05) is 12.1 Å². The first-order chi connectivity index (χ1) is 18.6. The summed E-state index contributed by atoms with van der Waals surface area (Å²) in [6.07, 6.45) is 5.25. The summed E-state index contributed by atoms with van der Waals surface area (Å²) < 4.78 is 24.1. The minimum Gasteiger partial charge on any atom is -0.354 e. The number of rotatable bonds is 6. The highest BCUT2D eigenvalue weighted by molar-refractivity contribution is 7.90. The van der Waals surface area contributed by atoms with Crippen LogP contribution in [0.4, 0.5) is 5.82 Å². The van der Waals surface area contributed by atoms with Crippen molar-refractivity contribution in [2.24, 2.45) is 11.1 Å². The van der Waals surface area contributed by atoms with Crippen molar-refractivity contribution in [3.63, 3.8) is 0 Å². The first-order valence-corrected chi connectivity index (χ1v) is 14.8. The lowest BCUT2D eigenvalue weighted by Crippen LogP contribution is -2.30. The second kappa shape index (κ2) is 9.39. The van der Waals surface area contributed by atoms with Gasteiger partial charge in [0.1, 0.15) is 5.82 Å². The number of anilines is 1. The number of nitrogens with one attached hydrogen (secondary N) is 1. The molecule has 6 rings (SSSR count). The highest BCUT2D eigenvalue weighted by Crippen LogP contribution is 2.52. The number of hydrogen-bond acceptors (Lipinski definition) is 8. The summed E-state index contributed by atoms with van der Waals surface area (Å²) >= 11 is 0. The molecule has 1 aliphatic carbocycles. The Morgan fingerprint density at radius 2 is 1.90 bits per heavy atom. The summed E-state index contributed by atoms with van der Waals surface area (Å²) in [5.41, 5.74) is 10.5. The van der Waals surface area contributed by atoms with Crippen LogP contribution >= 0.6 is 0 Å². The summed E-state index contributed by atoms with van der Waals surface area (Å²) in [7, 11) is -3.43. The fraction of sp³-hybridized carbons (Fsp3) is 0.310. The SMILES string of the molecule is Cc1ccc(C(=O)NCc2cc3nc(-c4cccc(N5CC(N)C6(CC6)C5)n4)ccc3cn2)cc1S(C)(=O)=O. The van der Waals surface area contributed by atoms with Gasteiger partial charge < -0.3 is 16.0 Å². The molecule has 2 fully saturated rings. The van der Waals surface area contributed by atoms with Crippen molar-refractivity contribution < 1.29 is 13.2 Å². The van der Waals surface area contributed by atoms with E-state index in [0.717, 1.165) is 47.5 Å². The highest BCUT2D eigenvalue weighted by atomic mass is 32.2. The molecule has 0 bridgehead atoms. The lowest BCUT2D eigenvalue weighted by atomic mass is 10.0. The monoisotopic (exact) mass is 542 g/mol. The molecule has 1 saturated heterocycles. The van der Waals surface area contributed by atoms with Crippen LogP contribution in [0.3, 0.4) is 0 Å². The van der Waals surface area contributed by atoms with E-state index in [4.69, 9.17) is 15.7 Å². The van der Waals surface area contributed by atoms with Crippen molar-refractivity contribution in [3.05, 3.63) is 77.6 Å². The fourth-order valence-corrected chi connectivity index (χ4v) is 6.30. The number of fused-ring (bicyclic) bond motifs is 1. The Labute approximate surface area is 227 Å². The van der Waals surface area contributed by atoms with Crippen LogP contribution in [0.5, 0.6) is 0 Å². The zero-order valence-electron chi connectivity index (χ0n) is 21.9. The van der Waals surface area contributed by atoms with Gasteiger partial charge in [-0.15, -0.1) is 0 Å². The molecule has 1 saturated carbocycles. The van der Waals surface area contributed by atoms with E-state index < -0.39 is 9.84 Å². The Kier molecular flexibility index (Phi) is 6.11. The van der Waals surface area contributed by atoms with E-state index in [1.807, 2.05) is 36.4 Å². The maximum absolute atomic E-state index is 12.7. The molecule has 1 aliphatic heterocycles. The van der Waals surface area contributed by atoms with Gasteiger partial charge in [0.05, 0.1) is 34.0 Å². The second-order valence-electron chi connectivity index (χ2n) is 10.7. The quantitative estimate of drug-likeness (QED) is 0.380. The van der Waals surface area contributed by atoms with Gasteiger partial charge in [-0.25, -0.2) is 18.4 Å². The Hall–Kier alpha value is -3.89. The van der Waals surface area contributed by atoms with Gasteiger partial charge in [-0.2, -0.15) is 0 Å². The predicted molar refractivity (Wildman–Crippen MR) is 150 cm³/mol. The normalized spacial score (nSPS) is 18.0. The maximum atomic E-state index is 12.7. The van der Waals surface area contributed by atoms with E-state index in [-0.39, 0.29) is 34.4 Å². The number of benzene rings is 1. The number of sulfone groups is 1. The minimum absolute atomic E-state index is 0.146. The van der Waals surface area contributed by atoms with E-state index >= 15 is 0 Å². The smallest absolute Gasteiger partial charge is 0.251 e. The van der Waals surface area contributed by atoms with Crippen LogP contribution in [0.2, 0.25) is 0 Å². The van der Waals surface area contributed by atoms with Crippen molar-refractivity contribution in [2.75, 3.05) is 24.2 Å². The Balaban J connectivity index is 1.20. The third-order valence-electron chi connectivity index (χ3n) is 7.83. The average Bonchev–Trinajstić information content (AvgIpc) is 3.63. The number of nitrogens with two attached hydrogens (primary N) is 1. The van der Waals surface area contributed by atoms with E-state index in [9.17, 15) is 13.2 Å². The molecule has 0 radical (unpaired) electrons. The molecule has 3 aromatic heterocycles. The third-order valence-corrected chi connectivity index (χ3v) is 9.07. The van der Waals surface area contributed by atoms with Gasteiger partial charge in [-0.05, 0) is 67.8 Å². The van der Waals surface area contributed by atoms with E-state index in [1.165, 1.54) is 18.9 Å². The Bertz CT molecular complexity index is 1720. The molecule has 1 unspecified atom stereocenters. The third kappa shape index (κ3) is 4.97. The van der Waals surface area contributed by atoms with Crippen molar-refractivity contribution in [2.45, 2.75) is 37.2 Å². The summed E-state index contributed by atoms with van der Waals surface area (Å²) in [6, 6.07) is 16.6. The summed E-state index contributed by atoms with van der Waals surface area (Å²) in [5.74, 6) is 0.543.